The molecule has 0 N–H and O–H groups in total. The highest BCUT2D eigenvalue weighted by molar-refractivity contribution is 6.52. The number of aryl methyl sites for hydroxylation is 1. The Morgan fingerprint density at radius 1 is 1.19 bits per heavy atom. The molecular weight excluding hydrogens is 265 g/mol. The summed E-state index contributed by atoms with van der Waals surface area (Å²) < 4.78 is 17.1. The zero-order valence-corrected chi connectivity index (χ0v) is 13.8. The molecule has 1 saturated heterocycles. The van der Waals surface area contributed by atoms with Gasteiger partial charge in [-0.05, 0) is 45.7 Å². The first-order valence-corrected chi connectivity index (χ1v) is 7.37. The third kappa shape index (κ3) is 3.30. The Morgan fingerprint density at radius 2 is 1.81 bits per heavy atom. The van der Waals surface area contributed by atoms with E-state index in [1.54, 1.807) is 7.11 Å². The minimum atomic E-state index is -0.332. The van der Waals surface area contributed by atoms with Crippen LogP contribution in [0.2, 0.25) is 0 Å². The minimum Gasteiger partial charge on any atom is -0.481 e. The van der Waals surface area contributed by atoms with Crippen molar-refractivity contribution in [3.63, 3.8) is 0 Å². The molecule has 0 amide bonds. The second kappa shape index (κ2) is 5.81. The summed E-state index contributed by atoms with van der Waals surface area (Å²) in [5, 5.41) is 0. The van der Waals surface area contributed by atoms with E-state index in [4.69, 9.17) is 14.0 Å². The fraction of sp³-hybridized carbons (Fsp3) is 0.562. The van der Waals surface area contributed by atoms with Gasteiger partial charge in [0.05, 0.1) is 24.0 Å². The van der Waals surface area contributed by atoms with Crippen LogP contribution in [0.1, 0.15) is 45.9 Å². The molecule has 0 aromatic carbocycles. The summed E-state index contributed by atoms with van der Waals surface area (Å²) in [4.78, 5) is 4.46. The van der Waals surface area contributed by atoms with Crippen LogP contribution < -0.4 is 4.74 Å². The first-order valence-electron chi connectivity index (χ1n) is 7.37. The van der Waals surface area contributed by atoms with E-state index in [9.17, 15) is 0 Å². The van der Waals surface area contributed by atoms with Gasteiger partial charge in [0.25, 0.3) is 0 Å². The molecule has 4 nitrogen and oxygen atoms in total. The van der Waals surface area contributed by atoms with Crippen molar-refractivity contribution < 1.29 is 14.0 Å². The summed E-state index contributed by atoms with van der Waals surface area (Å²) in [7, 11) is 1.29. The van der Waals surface area contributed by atoms with Crippen LogP contribution in [-0.2, 0) is 15.7 Å². The third-order valence-electron chi connectivity index (χ3n) is 4.23. The fourth-order valence-corrected chi connectivity index (χ4v) is 2.19. The predicted molar refractivity (Wildman–Crippen MR) is 85.3 cm³/mol. The number of pyridine rings is 1. The number of nitrogens with zero attached hydrogens (tertiary/aromatic N) is 1. The topological polar surface area (TPSA) is 40.6 Å². The van der Waals surface area contributed by atoms with Crippen molar-refractivity contribution >= 4 is 13.2 Å². The number of rotatable bonds is 4. The highest BCUT2D eigenvalue weighted by atomic mass is 16.7. The van der Waals surface area contributed by atoms with Crippen LogP contribution in [0.4, 0.5) is 0 Å². The normalized spacial score (nSPS) is 20.2. The molecular formula is C16H24BNO3. The summed E-state index contributed by atoms with van der Waals surface area (Å²) in [6.45, 7) is 10.3. The number of ether oxygens (including phenoxy) is 1. The van der Waals surface area contributed by atoms with Gasteiger partial charge in [-0.25, -0.2) is 4.98 Å². The van der Waals surface area contributed by atoms with Gasteiger partial charge in [0.2, 0.25) is 5.88 Å². The van der Waals surface area contributed by atoms with Gasteiger partial charge in [-0.2, -0.15) is 0 Å². The average Bonchev–Trinajstić information content (AvgIpc) is 2.64. The zero-order valence-electron chi connectivity index (χ0n) is 13.8. The van der Waals surface area contributed by atoms with Crippen molar-refractivity contribution in [3.05, 3.63) is 29.4 Å². The Kier molecular flexibility index (Phi) is 4.44. The van der Waals surface area contributed by atoms with E-state index < -0.39 is 0 Å². The molecule has 0 atom stereocenters. The first-order chi connectivity index (χ1) is 9.79. The molecule has 0 unspecified atom stereocenters. The lowest BCUT2D eigenvalue weighted by Gasteiger charge is -2.32. The van der Waals surface area contributed by atoms with Crippen molar-refractivity contribution in [1.29, 1.82) is 0 Å². The Morgan fingerprint density at radius 3 is 2.33 bits per heavy atom. The zero-order chi connectivity index (χ0) is 15.7. The molecule has 2 heterocycles. The van der Waals surface area contributed by atoms with E-state index >= 15 is 0 Å². The number of hydrogen-bond acceptors (Lipinski definition) is 4. The Bertz CT molecular complexity index is 524. The summed E-state index contributed by atoms with van der Waals surface area (Å²) in [6, 6.07) is 3.87. The summed E-state index contributed by atoms with van der Waals surface area (Å²) in [5.41, 5.74) is 1.44. The van der Waals surface area contributed by atoms with E-state index in [1.165, 1.54) is 0 Å². The molecule has 1 aliphatic heterocycles. The SMILES string of the molecule is CCc1nc(OC)ccc1/C=C/B1OC(C)(C)C(C)(C)O1. The highest BCUT2D eigenvalue weighted by Gasteiger charge is 2.49. The van der Waals surface area contributed by atoms with Crippen molar-refractivity contribution in [2.75, 3.05) is 7.11 Å². The molecule has 0 radical (unpaired) electrons. The lowest BCUT2D eigenvalue weighted by atomic mass is 9.89. The van der Waals surface area contributed by atoms with Crippen LogP contribution in [0.15, 0.2) is 18.1 Å². The first kappa shape index (κ1) is 16.1. The Balaban J connectivity index is 2.16. The van der Waals surface area contributed by atoms with Crippen molar-refractivity contribution in [2.45, 2.75) is 52.2 Å². The third-order valence-corrected chi connectivity index (χ3v) is 4.23. The van der Waals surface area contributed by atoms with Crippen molar-refractivity contribution in [1.82, 2.24) is 4.98 Å². The number of aromatic nitrogens is 1. The van der Waals surface area contributed by atoms with E-state index in [0.29, 0.717) is 5.88 Å². The van der Waals surface area contributed by atoms with Crippen LogP contribution in [0.25, 0.3) is 6.08 Å². The van der Waals surface area contributed by atoms with Crippen LogP contribution >= 0.6 is 0 Å². The molecule has 0 bridgehead atoms. The quantitative estimate of drug-likeness (QED) is 0.797. The van der Waals surface area contributed by atoms with Gasteiger partial charge in [0.1, 0.15) is 0 Å². The minimum absolute atomic E-state index is 0.312. The summed E-state index contributed by atoms with van der Waals surface area (Å²) in [5.74, 6) is 2.58. The summed E-state index contributed by atoms with van der Waals surface area (Å²) >= 11 is 0. The number of hydrogen-bond donors (Lipinski definition) is 0. The maximum atomic E-state index is 5.95. The molecule has 2 rings (SSSR count). The highest BCUT2D eigenvalue weighted by Crippen LogP contribution is 2.37. The molecule has 1 aliphatic rings. The van der Waals surface area contributed by atoms with Gasteiger partial charge in [-0.1, -0.05) is 19.0 Å². The largest absolute Gasteiger partial charge is 0.487 e. The number of methoxy groups -OCH3 is 1. The van der Waals surface area contributed by atoms with Gasteiger partial charge >= 0.3 is 7.12 Å². The molecule has 1 aromatic heterocycles. The molecule has 0 saturated carbocycles. The van der Waals surface area contributed by atoms with E-state index in [2.05, 4.69) is 11.9 Å². The lowest BCUT2D eigenvalue weighted by molar-refractivity contribution is 0.00578. The van der Waals surface area contributed by atoms with Crippen molar-refractivity contribution in [3.8, 4) is 5.88 Å². The molecule has 1 fully saturated rings. The van der Waals surface area contributed by atoms with Gasteiger partial charge in [0, 0.05) is 6.07 Å². The van der Waals surface area contributed by atoms with Crippen LogP contribution in [0.3, 0.4) is 0 Å². The van der Waals surface area contributed by atoms with Gasteiger partial charge in [0.15, 0.2) is 0 Å². The molecule has 114 valence electrons. The predicted octanol–water partition coefficient (Wildman–Crippen LogP) is 3.30. The van der Waals surface area contributed by atoms with Crippen molar-refractivity contribution in [2.24, 2.45) is 0 Å². The Labute approximate surface area is 127 Å². The average molecular weight is 289 g/mol. The lowest BCUT2D eigenvalue weighted by Crippen LogP contribution is -2.41. The Hall–Kier alpha value is -1.33. The van der Waals surface area contributed by atoms with Crippen LogP contribution in [0, 0.1) is 0 Å². The van der Waals surface area contributed by atoms with Gasteiger partial charge < -0.3 is 14.0 Å². The van der Waals surface area contributed by atoms with Crippen LogP contribution in [0.5, 0.6) is 5.88 Å². The maximum Gasteiger partial charge on any atom is 0.487 e. The van der Waals surface area contributed by atoms with Gasteiger partial charge in [-0.15, -0.1) is 0 Å². The van der Waals surface area contributed by atoms with Crippen LogP contribution in [-0.4, -0.2) is 30.4 Å². The molecule has 0 aliphatic carbocycles. The van der Waals surface area contributed by atoms with E-state index in [0.717, 1.165) is 17.7 Å². The molecule has 21 heavy (non-hydrogen) atoms. The summed E-state index contributed by atoms with van der Waals surface area (Å²) in [6.07, 6.45) is 2.85. The maximum absolute atomic E-state index is 5.95. The van der Waals surface area contributed by atoms with E-state index in [1.807, 2.05) is 51.9 Å². The van der Waals surface area contributed by atoms with E-state index in [-0.39, 0.29) is 18.3 Å². The molecule has 1 aromatic rings. The fourth-order valence-electron chi connectivity index (χ4n) is 2.19. The smallest absolute Gasteiger partial charge is 0.481 e. The van der Waals surface area contributed by atoms with Gasteiger partial charge in [-0.3, -0.25) is 0 Å². The molecule has 0 spiro atoms. The monoisotopic (exact) mass is 289 g/mol. The standard InChI is InChI=1S/C16H24BNO3/c1-7-13-12(8-9-14(18-13)19-6)10-11-17-20-15(2,3)16(4,5)21-17/h8-11H,7H2,1-6H3/b11-10+. The second-order valence-corrected chi connectivity index (χ2v) is 6.23. The molecule has 5 heteroatoms. The second-order valence-electron chi connectivity index (χ2n) is 6.23.